The van der Waals surface area contributed by atoms with E-state index >= 15 is 0 Å². The third kappa shape index (κ3) is 14.0. The molecule has 13 nitrogen and oxygen atoms in total. The van der Waals surface area contributed by atoms with Crippen LogP contribution in [0.15, 0.2) is 60.7 Å². The molecule has 0 saturated heterocycles. The van der Waals surface area contributed by atoms with E-state index < -0.39 is 78.2 Å². The molecule has 2 aromatic rings. The van der Waals surface area contributed by atoms with E-state index in [1.54, 1.807) is 68.4 Å². The van der Waals surface area contributed by atoms with Gasteiger partial charge < -0.3 is 37.4 Å². The maximum atomic E-state index is 13.7. The summed E-state index contributed by atoms with van der Waals surface area (Å²) in [6.45, 7) is 10.5. The zero-order valence-electron chi connectivity index (χ0n) is 29.9. The van der Waals surface area contributed by atoms with Crippen LogP contribution in [0.25, 0.3) is 0 Å². The van der Waals surface area contributed by atoms with E-state index in [1.807, 2.05) is 33.8 Å². The fourth-order valence-electron chi connectivity index (χ4n) is 5.18. The van der Waals surface area contributed by atoms with Crippen LogP contribution in [-0.4, -0.2) is 77.4 Å². The molecule has 0 heterocycles. The molecule has 274 valence electrons. The van der Waals surface area contributed by atoms with Crippen molar-refractivity contribution in [1.82, 2.24) is 26.6 Å². The first-order valence-electron chi connectivity index (χ1n) is 17.2. The number of nitrogens with one attached hydrogen (secondary N) is 5. The van der Waals surface area contributed by atoms with Crippen molar-refractivity contribution >= 4 is 35.5 Å². The predicted molar refractivity (Wildman–Crippen MR) is 190 cm³/mol. The van der Waals surface area contributed by atoms with Gasteiger partial charge in [-0.15, -0.1) is 0 Å². The van der Waals surface area contributed by atoms with Crippen molar-refractivity contribution in [3.63, 3.8) is 0 Å². The number of rotatable bonds is 20. The number of hydrogen-bond acceptors (Lipinski definition) is 7. The van der Waals surface area contributed by atoms with Crippen LogP contribution in [0, 0.1) is 17.8 Å². The third-order valence-electron chi connectivity index (χ3n) is 8.40. The quantitative estimate of drug-likeness (QED) is 0.108. The van der Waals surface area contributed by atoms with E-state index in [4.69, 9.17) is 5.73 Å². The van der Waals surface area contributed by atoms with Crippen molar-refractivity contribution in [2.24, 2.45) is 23.5 Å². The van der Waals surface area contributed by atoms with E-state index in [0.29, 0.717) is 12.8 Å². The van der Waals surface area contributed by atoms with Gasteiger partial charge in [-0.3, -0.25) is 24.0 Å². The Hall–Kier alpha value is -4.78. The molecule has 5 amide bonds. The summed E-state index contributed by atoms with van der Waals surface area (Å²) in [4.78, 5) is 78.0. The molecule has 50 heavy (non-hydrogen) atoms. The SMILES string of the molecule is CC[C@H](C)[C@H](N)C(=O)N[C@@H](CC(C)C)C(=O)NCC(=O)N[C@@H](Cc1ccccc1)C(=O)N[C@H](C(=O)N[C@@H](Cc1ccccc1)C(=O)O)C(C)C. The Kier molecular flexibility index (Phi) is 17.1. The van der Waals surface area contributed by atoms with E-state index in [0.717, 1.165) is 11.1 Å². The number of benzene rings is 2. The molecular formula is C37H54N6O7. The normalized spacial score (nSPS) is 14.7. The van der Waals surface area contributed by atoms with E-state index in [2.05, 4.69) is 26.6 Å². The molecule has 6 atom stereocenters. The first kappa shape index (κ1) is 41.4. The predicted octanol–water partition coefficient (Wildman–Crippen LogP) is 1.69. The van der Waals surface area contributed by atoms with Gasteiger partial charge in [0.25, 0.3) is 0 Å². The van der Waals surface area contributed by atoms with Gasteiger partial charge in [-0.05, 0) is 35.3 Å². The molecule has 0 saturated carbocycles. The number of aliphatic carboxylic acids is 1. The van der Waals surface area contributed by atoms with Gasteiger partial charge in [-0.25, -0.2) is 4.79 Å². The van der Waals surface area contributed by atoms with Crippen molar-refractivity contribution in [3.05, 3.63) is 71.8 Å². The molecule has 0 radical (unpaired) electrons. The zero-order chi connectivity index (χ0) is 37.4. The van der Waals surface area contributed by atoms with E-state index in [-0.39, 0.29) is 24.7 Å². The number of hydrogen-bond donors (Lipinski definition) is 7. The molecular weight excluding hydrogens is 640 g/mol. The Bertz CT molecular complexity index is 1420. The second kappa shape index (κ2) is 20.7. The van der Waals surface area contributed by atoms with Gasteiger partial charge in [-0.1, -0.05) is 109 Å². The van der Waals surface area contributed by atoms with Crippen LogP contribution in [0.1, 0.15) is 65.5 Å². The first-order valence-corrected chi connectivity index (χ1v) is 17.2. The van der Waals surface area contributed by atoms with Crippen molar-refractivity contribution < 1.29 is 33.9 Å². The van der Waals surface area contributed by atoms with Crippen LogP contribution in [0.2, 0.25) is 0 Å². The summed E-state index contributed by atoms with van der Waals surface area (Å²) in [7, 11) is 0. The van der Waals surface area contributed by atoms with Crippen molar-refractivity contribution in [1.29, 1.82) is 0 Å². The van der Waals surface area contributed by atoms with Gasteiger partial charge in [0.05, 0.1) is 12.6 Å². The van der Waals surface area contributed by atoms with Crippen LogP contribution in [0.4, 0.5) is 0 Å². The molecule has 8 N–H and O–H groups in total. The number of nitrogens with two attached hydrogens (primary N) is 1. The standard InChI is InChI=1S/C37H54N6O7/c1-7-24(6)31(38)35(47)41-27(18-22(2)3)33(45)39-21-30(44)40-28(19-25-14-10-8-11-15-25)34(46)43-32(23(4)5)36(48)42-29(37(49)50)20-26-16-12-9-13-17-26/h8-17,22-24,27-29,31-32H,7,18-21,38H2,1-6H3,(H,39,45)(H,40,44)(H,41,47)(H,42,48)(H,43,46)(H,49,50)/t24-,27-,28-,29-,31-,32-/m0/s1. The Labute approximate surface area is 294 Å². The highest BCUT2D eigenvalue weighted by Gasteiger charge is 2.32. The Morgan fingerprint density at radius 2 is 1.18 bits per heavy atom. The summed E-state index contributed by atoms with van der Waals surface area (Å²) < 4.78 is 0. The molecule has 2 aromatic carbocycles. The number of carbonyl (C=O) groups is 6. The highest BCUT2D eigenvalue weighted by molar-refractivity contribution is 5.95. The second-order valence-corrected chi connectivity index (χ2v) is 13.4. The highest BCUT2D eigenvalue weighted by atomic mass is 16.4. The van der Waals surface area contributed by atoms with E-state index in [1.165, 1.54) is 0 Å². The minimum atomic E-state index is -1.23. The molecule has 0 aliphatic rings. The largest absolute Gasteiger partial charge is 0.480 e. The molecule has 0 unspecified atom stereocenters. The van der Waals surface area contributed by atoms with Crippen molar-refractivity contribution in [2.75, 3.05) is 6.54 Å². The molecule has 0 spiro atoms. The third-order valence-corrected chi connectivity index (χ3v) is 8.40. The van der Waals surface area contributed by atoms with Crippen LogP contribution in [0.5, 0.6) is 0 Å². The smallest absolute Gasteiger partial charge is 0.326 e. The fraction of sp³-hybridized carbons (Fsp3) is 0.514. The van der Waals surface area contributed by atoms with Crippen LogP contribution in [-0.2, 0) is 41.6 Å². The van der Waals surface area contributed by atoms with Gasteiger partial charge in [0.2, 0.25) is 29.5 Å². The Morgan fingerprint density at radius 3 is 1.66 bits per heavy atom. The lowest BCUT2D eigenvalue weighted by Crippen LogP contribution is -2.59. The highest BCUT2D eigenvalue weighted by Crippen LogP contribution is 2.11. The molecule has 0 aliphatic carbocycles. The van der Waals surface area contributed by atoms with Crippen LogP contribution >= 0.6 is 0 Å². The average molecular weight is 695 g/mol. The Balaban J connectivity index is 2.16. The number of carboxylic acid groups (broad SMARTS) is 1. The lowest BCUT2D eigenvalue weighted by atomic mass is 9.97. The van der Waals surface area contributed by atoms with Crippen LogP contribution < -0.4 is 32.3 Å². The summed E-state index contributed by atoms with van der Waals surface area (Å²) >= 11 is 0. The maximum Gasteiger partial charge on any atom is 0.326 e. The van der Waals surface area contributed by atoms with Gasteiger partial charge in [-0.2, -0.15) is 0 Å². The maximum absolute atomic E-state index is 13.7. The second-order valence-electron chi connectivity index (χ2n) is 13.4. The summed E-state index contributed by atoms with van der Waals surface area (Å²) in [6, 6.07) is 12.6. The number of carbonyl (C=O) groups excluding carboxylic acids is 5. The molecule has 0 bridgehead atoms. The zero-order valence-corrected chi connectivity index (χ0v) is 29.9. The van der Waals surface area contributed by atoms with Crippen molar-refractivity contribution in [2.45, 2.75) is 97.4 Å². The minimum absolute atomic E-state index is 0.0471. The molecule has 0 aliphatic heterocycles. The van der Waals surface area contributed by atoms with Crippen LogP contribution in [0.3, 0.4) is 0 Å². The first-order chi connectivity index (χ1) is 23.6. The summed E-state index contributed by atoms with van der Waals surface area (Å²) in [5.74, 6) is -4.73. The molecule has 13 heteroatoms. The summed E-state index contributed by atoms with van der Waals surface area (Å²) in [5, 5.41) is 23.0. The average Bonchev–Trinajstić information content (AvgIpc) is 3.08. The Morgan fingerprint density at radius 1 is 0.660 bits per heavy atom. The van der Waals surface area contributed by atoms with Gasteiger partial charge in [0.15, 0.2) is 0 Å². The molecule has 0 aromatic heterocycles. The lowest BCUT2D eigenvalue weighted by molar-refractivity contribution is -0.142. The minimum Gasteiger partial charge on any atom is -0.480 e. The van der Waals surface area contributed by atoms with Crippen molar-refractivity contribution in [3.8, 4) is 0 Å². The molecule has 0 fully saturated rings. The lowest BCUT2D eigenvalue weighted by Gasteiger charge is -2.27. The van der Waals surface area contributed by atoms with E-state index in [9.17, 15) is 33.9 Å². The molecule has 2 rings (SSSR count). The topological polar surface area (TPSA) is 209 Å². The number of carboxylic acids is 1. The van der Waals surface area contributed by atoms with Gasteiger partial charge >= 0.3 is 5.97 Å². The monoisotopic (exact) mass is 694 g/mol. The van der Waals surface area contributed by atoms with Gasteiger partial charge in [0.1, 0.15) is 24.2 Å². The fourth-order valence-corrected chi connectivity index (χ4v) is 5.18. The number of amides is 5. The summed E-state index contributed by atoms with van der Waals surface area (Å²) in [6.07, 6.45) is 1.13. The van der Waals surface area contributed by atoms with Gasteiger partial charge in [0, 0.05) is 12.8 Å². The summed E-state index contributed by atoms with van der Waals surface area (Å²) in [5.41, 5.74) is 7.51.